The maximum Gasteiger partial charge on any atom is 0.0594 e. The maximum atomic E-state index is 2.38. The Bertz CT molecular complexity index is 237. The molecule has 0 aromatic heterocycles. The van der Waals surface area contributed by atoms with Gasteiger partial charge in [0.15, 0.2) is 0 Å². The van der Waals surface area contributed by atoms with Crippen molar-refractivity contribution in [2.75, 3.05) is 24.6 Å². The van der Waals surface area contributed by atoms with Crippen LogP contribution in [0.2, 0.25) is 0 Å². The van der Waals surface area contributed by atoms with E-state index in [4.69, 9.17) is 0 Å². The lowest BCUT2D eigenvalue weighted by atomic mass is 10.2. The topological polar surface area (TPSA) is 0 Å². The highest BCUT2D eigenvalue weighted by Crippen LogP contribution is 2.61. The van der Waals surface area contributed by atoms with Crippen LogP contribution < -0.4 is 0 Å². The van der Waals surface area contributed by atoms with Gasteiger partial charge in [-0.1, -0.05) is 98.3 Å². The summed E-state index contributed by atoms with van der Waals surface area (Å²) in [4.78, 5) is 0. The van der Waals surface area contributed by atoms with Crippen molar-refractivity contribution in [3.8, 4) is 0 Å². The fourth-order valence-electron chi connectivity index (χ4n) is 4.52. The van der Waals surface area contributed by atoms with E-state index < -0.39 is 7.26 Å². The minimum Gasteiger partial charge on any atom is -0.0654 e. The highest BCUT2D eigenvalue weighted by atomic mass is 31.2. The number of unbranched alkanes of at least 4 members (excludes halogenated alkanes) is 14. The van der Waals surface area contributed by atoms with Crippen LogP contribution in [0.25, 0.3) is 0 Å². The van der Waals surface area contributed by atoms with E-state index in [0.717, 1.165) is 0 Å². The third-order valence-corrected chi connectivity index (χ3v) is 11.5. The number of rotatable bonds is 22. The Labute approximate surface area is 175 Å². The molecule has 0 heterocycles. The summed E-state index contributed by atoms with van der Waals surface area (Å²) in [5, 5.41) is 0. The average Bonchev–Trinajstić information content (AvgIpc) is 2.67. The lowest BCUT2D eigenvalue weighted by molar-refractivity contribution is 0.641. The Hall–Kier alpha value is 0.430. The molecule has 0 aromatic rings. The second kappa shape index (κ2) is 21.1. The van der Waals surface area contributed by atoms with Crippen LogP contribution in [0.1, 0.15) is 143 Å². The predicted octanol–water partition coefficient (Wildman–Crippen LogP) is 10.1. The molecular formula is C26H56P+. The summed E-state index contributed by atoms with van der Waals surface area (Å²) in [6.45, 7) is 9.40. The minimum absolute atomic E-state index is 0.672. The van der Waals surface area contributed by atoms with Crippen molar-refractivity contribution in [2.45, 2.75) is 143 Å². The van der Waals surface area contributed by atoms with Gasteiger partial charge in [-0.25, -0.2) is 0 Å². The fraction of sp³-hybridized carbons (Fsp3) is 1.00. The van der Waals surface area contributed by atoms with Crippen molar-refractivity contribution in [1.29, 1.82) is 0 Å². The van der Waals surface area contributed by atoms with Gasteiger partial charge in [-0.2, -0.15) is 0 Å². The first-order chi connectivity index (χ1) is 13.2. The van der Waals surface area contributed by atoms with Crippen LogP contribution >= 0.6 is 7.26 Å². The summed E-state index contributed by atoms with van der Waals surface area (Å²) in [7, 11) is -0.672. The van der Waals surface area contributed by atoms with E-state index in [2.05, 4.69) is 27.7 Å². The summed E-state index contributed by atoms with van der Waals surface area (Å²) >= 11 is 0. The van der Waals surface area contributed by atoms with Gasteiger partial charge in [0, 0.05) is 7.26 Å². The predicted molar refractivity (Wildman–Crippen MR) is 132 cm³/mol. The first-order valence-electron chi connectivity index (χ1n) is 13.1. The van der Waals surface area contributed by atoms with Gasteiger partial charge >= 0.3 is 0 Å². The van der Waals surface area contributed by atoms with E-state index in [1.54, 1.807) is 43.9 Å². The van der Waals surface area contributed by atoms with Crippen LogP contribution in [-0.2, 0) is 0 Å². The lowest BCUT2D eigenvalue weighted by Gasteiger charge is -2.28. The monoisotopic (exact) mass is 399 g/mol. The van der Waals surface area contributed by atoms with Gasteiger partial charge in [-0.15, -0.1) is 0 Å². The first kappa shape index (κ1) is 27.4. The van der Waals surface area contributed by atoms with Crippen molar-refractivity contribution >= 4 is 7.26 Å². The molecule has 0 nitrogen and oxygen atoms in total. The molecule has 0 radical (unpaired) electrons. The Balaban J connectivity index is 4.61. The van der Waals surface area contributed by atoms with Gasteiger partial charge in [-0.3, -0.25) is 0 Å². The number of hydrogen-bond acceptors (Lipinski definition) is 0. The molecule has 27 heavy (non-hydrogen) atoms. The summed E-state index contributed by atoms with van der Waals surface area (Å²) < 4.78 is 0. The van der Waals surface area contributed by atoms with Gasteiger partial charge in [0.2, 0.25) is 0 Å². The zero-order valence-electron chi connectivity index (χ0n) is 20.0. The van der Waals surface area contributed by atoms with Gasteiger partial charge < -0.3 is 0 Å². The zero-order chi connectivity index (χ0) is 20.1. The Morgan fingerprint density at radius 2 is 0.519 bits per heavy atom. The van der Waals surface area contributed by atoms with Crippen LogP contribution in [-0.4, -0.2) is 24.6 Å². The van der Waals surface area contributed by atoms with Gasteiger partial charge in [0.05, 0.1) is 24.6 Å². The quantitative estimate of drug-likeness (QED) is 0.125. The summed E-state index contributed by atoms with van der Waals surface area (Å²) in [6, 6.07) is 0. The third-order valence-electron chi connectivity index (χ3n) is 6.44. The van der Waals surface area contributed by atoms with E-state index in [1.165, 1.54) is 96.3 Å². The maximum absolute atomic E-state index is 2.38. The first-order valence-corrected chi connectivity index (χ1v) is 15.6. The Morgan fingerprint density at radius 1 is 0.296 bits per heavy atom. The highest BCUT2D eigenvalue weighted by Gasteiger charge is 2.34. The van der Waals surface area contributed by atoms with Gasteiger partial charge in [-0.05, 0) is 44.9 Å². The molecule has 0 spiro atoms. The van der Waals surface area contributed by atoms with Crippen molar-refractivity contribution in [3.05, 3.63) is 0 Å². The molecule has 0 N–H and O–H groups in total. The minimum atomic E-state index is -0.672. The van der Waals surface area contributed by atoms with E-state index in [-0.39, 0.29) is 0 Å². The molecule has 0 rings (SSSR count). The Morgan fingerprint density at radius 3 is 0.815 bits per heavy atom. The SMILES string of the molecule is CCCCCCC[P+](CCCCC)(CCCCCCC)CCCCCCC. The second-order valence-electron chi connectivity index (χ2n) is 9.19. The third kappa shape index (κ3) is 17.0. The fourth-order valence-corrected chi connectivity index (χ4v) is 9.44. The molecule has 164 valence electrons. The molecule has 1 heteroatoms. The van der Waals surface area contributed by atoms with Crippen LogP contribution in [0.4, 0.5) is 0 Å². The molecule has 0 bridgehead atoms. The lowest BCUT2D eigenvalue weighted by Crippen LogP contribution is -2.13. The molecule has 0 atom stereocenters. The molecule has 0 aliphatic carbocycles. The molecule has 0 fully saturated rings. The molecule has 0 aliphatic heterocycles. The summed E-state index contributed by atoms with van der Waals surface area (Å²) in [5.41, 5.74) is 0. The standard InChI is InChI=1S/C26H56P/c1-5-9-13-16-20-24-27(23-19-12-8-4,25-21-17-14-10-6-2)26-22-18-15-11-7-3/h5-26H2,1-4H3/q+1. The van der Waals surface area contributed by atoms with Crippen LogP contribution in [0, 0.1) is 0 Å². The van der Waals surface area contributed by atoms with Gasteiger partial charge in [0.1, 0.15) is 0 Å². The number of hydrogen-bond donors (Lipinski definition) is 0. The zero-order valence-corrected chi connectivity index (χ0v) is 20.9. The van der Waals surface area contributed by atoms with Crippen LogP contribution in [0.3, 0.4) is 0 Å². The van der Waals surface area contributed by atoms with Crippen molar-refractivity contribution in [2.24, 2.45) is 0 Å². The summed E-state index contributed by atoms with van der Waals surface area (Å²) in [5.74, 6) is 0. The smallest absolute Gasteiger partial charge is 0.0594 e. The Kier molecular flexibility index (Phi) is 21.5. The van der Waals surface area contributed by atoms with E-state index in [0.29, 0.717) is 0 Å². The molecule has 0 saturated heterocycles. The summed E-state index contributed by atoms with van der Waals surface area (Å²) in [6.07, 6.45) is 33.1. The normalized spacial score (nSPS) is 12.0. The molecule has 0 amide bonds. The van der Waals surface area contributed by atoms with Gasteiger partial charge in [0.25, 0.3) is 0 Å². The van der Waals surface area contributed by atoms with Crippen LogP contribution in [0.15, 0.2) is 0 Å². The van der Waals surface area contributed by atoms with Crippen molar-refractivity contribution in [3.63, 3.8) is 0 Å². The molecule has 0 unspecified atom stereocenters. The van der Waals surface area contributed by atoms with E-state index in [9.17, 15) is 0 Å². The molecular weight excluding hydrogens is 343 g/mol. The van der Waals surface area contributed by atoms with Crippen molar-refractivity contribution < 1.29 is 0 Å². The van der Waals surface area contributed by atoms with Crippen LogP contribution in [0.5, 0.6) is 0 Å². The molecule has 0 saturated carbocycles. The second-order valence-corrected chi connectivity index (χ2v) is 13.7. The molecule has 0 aliphatic rings. The van der Waals surface area contributed by atoms with E-state index in [1.807, 2.05) is 0 Å². The molecule has 0 aromatic carbocycles. The van der Waals surface area contributed by atoms with E-state index >= 15 is 0 Å². The largest absolute Gasteiger partial charge is 0.0654 e. The highest BCUT2D eigenvalue weighted by molar-refractivity contribution is 7.75. The van der Waals surface area contributed by atoms with Crippen molar-refractivity contribution in [1.82, 2.24) is 0 Å². The average molecular weight is 400 g/mol.